The average Bonchev–Trinajstić information content (AvgIpc) is 2.97. The molecule has 0 radical (unpaired) electrons. The van der Waals surface area contributed by atoms with E-state index in [9.17, 15) is 4.39 Å². The average molecular weight is 299 g/mol. The lowest BCUT2D eigenvalue weighted by Gasteiger charge is -2.08. The first-order chi connectivity index (χ1) is 10.2. The summed E-state index contributed by atoms with van der Waals surface area (Å²) in [5.74, 6) is 0.437. The number of benzene rings is 1. The van der Waals surface area contributed by atoms with Gasteiger partial charge in [0.25, 0.3) is 0 Å². The second-order valence-corrected chi connectivity index (χ2v) is 5.19. The zero-order chi connectivity index (χ0) is 14.8. The molecule has 2 heterocycles. The van der Waals surface area contributed by atoms with Crippen LogP contribution in [0.2, 0.25) is 0 Å². The van der Waals surface area contributed by atoms with Crippen molar-refractivity contribution in [2.75, 3.05) is 0 Å². The van der Waals surface area contributed by atoms with Gasteiger partial charge in [0, 0.05) is 6.42 Å². The van der Waals surface area contributed by atoms with Crippen molar-refractivity contribution in [2.24, 2.45) is 0 Å². The maximum absolute atomic E-state index is 13.9. The second-order valence-electron chi connectivity index (χ2n) is 4.30. The van der Waals surface area contributed by atoms with Crippen molar-refractivity contribution in [3.05, 3.63) is 46.9 Å². The number of hydrogen-bond donors (Lipinski definition) is 0. The highest BCUT2D eigenvalue weighted by Crippen LogP contribution is 2.31. The second kappa shape index (κ2) is 5.46. The van der Waals surface area contributed by atoms with Crippen LogP contribution >= 0.6 is 11.3 Å². The Labute approximate surface area is 124 Å². The number of thiophene rings is 1. The molecule has 0 aliphatic rings. The Morgan fingerprint density at radius 3 is 2.90 bits per heavy atom. The molecule has 2 aromatic heterocycles. The van der Waals surface area contributed by atoms with Gasteiger partial charge in [0.15, 0.2) is 11.6 Å². The third kappa shape index (κ3) is 2.56. The summed E-state index contributed by atoms with van der Waals surface area (Å²) in [6, 6.07) is 7.80. The van der Waals surface area contributed by atoms with Crippen molar-refractivity contribution >= 4 is 21.6 Å². The monoisotopic (exact) mass is 299 g/mol. The van der Waals surface area contributed by atoms with Crippen LogP contribution < -0.4 is 4.74 Å². The third-order valence-electron chi connectivity index (χ3n) is 2.92. The van der Waals surface area contributed by atoms with E-state index in [1.807, 2.05) is 24.4 Å². The summed E-state index contributed by atoms with van der Waals surface area (Å²) < 4.78 is 19.5. The van der Waals surface area contributed by atoms with Gasteiger partial charge in [0.05, 0.1) is 17.0 Å². The number of nitrogens with zero attached hydrogens (tertiary/aromatic N) is 3. The van der Waals surface area contributed by atoms with Crippen LogP contribution in [-0.2, 0) is 6.42 Å². The molecular formula is C15H10FN3OS. The third-order valence-corrected chi connectivity index (χ3v) is 3.73. The van der Waals surface area contributed by atoms with Gasteiger partial charge >= 0.3 is 0 Å². The van der Waals surface area contributed by atoms with Crippen LogP contribution in [0.15, 0.2) is 29.6 Å². The van der Waals surface area contributed by atoms with E-state index in [0.29, 0.717) is 18.1 Å². The Kier molecular flexibility index (Phi) is 3.50. The highest BCUT2D eigenvalue weighted by atomic mass is 32.1. The van der Waals surface area contributed by atoms with Crippen LogP contribution in [0.4, 0.5) is 4.39 Å². The molecular weight excluding hydrogens is 289 g/mol. The van der Waals surface area contributed by atoms with E-state index in [-0.39, 0.29) is 11.3 Å². The fraction of sp³-hybridized carbons (Fsp3) is 0.133. The quantitative estimate of drug-likeness (QED) is 0.732. The SMILES string of the molecule is CCc1nc(Oc2ccc(C#N)cc2F)c2ccsc2n1. The van der Waals surface area contributed by atoms with E-state index in [2.05, 4.69) is 9.97 Å². The summed E-state index contributed by atoms with van der Waals surface area (Å²) in [6.45, 7) is 1.95. The van der Waals surface area contributed by atoms with Crippen LogP contribution in [-0.4, -0.2) is 9.97 Å². The summed E-state index contributed by atoms with van der Waals surface area (Å²) in [6.07, 6.45) is 0.667. The molecule has 21 heavy (non-hydrogen) atoms. The fourth-order valence-electron chi connectivity index (χ4n) is 1.86. The van der Waals surface area contributed by atoms with Crippen LogP contribution in [0.3, 0.4) is 0 Å². The van der Waals surface area contributed by atoms with Gasteiger partial charge < -0.3 is 4.74 Å². The molecule has 3 aromatic rings. The first-order valence-corrected chi connectivity index (χ1v) is 7.21. The minimum Gasteiger partial charge on any atom is -0.435 e. The first-order valence-electron chi connectivity index (χ1n) is 6.33. The van der Waals surface area contributed by atoms with E-state index in [1.165, 1.54) is 23.5 Å². The summed E-state index contributed by atoms with van der Waals surface area (Å²) in [7, 11) is 0. The molecule has 4 nitrogen and oxygen atoms in total. The maximum Gasteiger partial charge on any atom is 0.231 e. The number of rotatable bonds is 3. The zero-order valence-corrected chi connectivity index (χ0v) is 11.9. The lowest BCUT2D eigenvalue weighted by molar-refractivity contribution is 0.430. The van der Waals surface area contributed by atoms with Crippen molar-refractivity contribution < 1.29 is 9.13 Å². The van der Waals surface area contributed by atoms with Crippen LogP contribution in [0.1, 0.15) is 18.3 Å². The predicted octanol–water partition coefficient (Wildman–Crippen LogP) is 4.06. The molecule has 6 heteroatoms. The van der Waals surface area contributed by atoms with Gasteiger partial charge in [-0.1, -0.05) is 6.92 Å². The number of aryl methyl sites for hydroxylation is 1. The topological polar surface area (TPSA) is 58.8 Å². The van der Waals surface area contributed by atoms with Gasteiger partial charge in [0.2, 0.25) is 5.88 Å². The van der Waals surface area contributed by atoms with Crippen LogP contribution in [0.5, 0.6) is 11.6 Å². The lowest BCUT2D eigenvalue weighted by atomic mass is 10.2. The molecule has 1 aromatic carbocycles. The molecule has 0 amide bonds. The highest BCUT2D eigenvalue weighted by Gasteiger charge is 2.13. The van der Waals surface area contributed by atoms with E-state index in [4.69, 9.17) is 10.00 Å². The highest BCUT2D eigenvalue weighted by molar-refractivity contribution is 7.16. The standard InChI is InChI=1S/C15H10FN3OS/c1-2-13-18-14(10-5-6-21-15(10)19-13)20-12-4-3-9(8-17)7-11(12)16/h3-7H,2H2,1H3. The zero-order valence-electron chi connectivity index (χ0n) is 11.1. The molecule has 3 rings (SSSR count). The molecule has 0 bridgehead atoms. The molecule has 0 atom stereocenters. The Morgan fingerprint density at radius 1 is 1.33 bits per heavy atom. The molecule has 0 spiro atoms. The van der Waals surface area contributed by atoms with E-state index in [1.54, 1.807) is 0 Å². The predicted molar refractivity (Wildman–Crippen MR) is 78.0 cm³/mol. The van der Waals surface area contributed by atoms with Gasteiger partial charge in [-0.2, -0.15) is 10.2 Å². The Hall–Kier alpha value is -2.52. The van der Waals surface area contributed by atoms with Crippen molar-refractivity contribution in [3.8, 4) is 17.7 Å². The number of hydrogen-bond acceptors (Lipinski definition) is 5. The Bertz CT molecular complexity index is 854. The molecule has 0 unspecified atom stereocenters. The fourth-order valence-corrected chi connectivity index (χ4v) is 2.64. The maximum atomic E-state index is 13.9. The normalized spacial score (nSPS) is 10.5. The largest absolute Gasteiger partial charge is 0.435 e. The number of halogens is 1. The molecule has 0 fully saturated rings. The van der Waals surface area contributed by atoms with Gasteiger partial charge in [0.1, 0.15) is 10.7 Å². The Morgan fingerprint density at radius 2 is 2.19 bits per heavy atom. The molecule has 0 aliphatic carbocycles. The van der Waals surface area contributed by atoms with Crippen molar-refractivity contribution in [1.29, 1.82) is 5.26 Å². The van der Waals surface area contributed by atoms with Gasteiger partial charge in [-0.25, -0.2) is 9.37 Å². The van der Waals surface area contributed by atoms with Gasteiger partial charge in [-0.15, -0.1) is 11.3 Å². The van der Waals surface area contributed by atoms with Crippen LogP contribution in [0.25, 0.3) is 10.2 Å². The van der Waals surface area contributed by atoms with E-state index in [0.717, 1.165) is 16.3 Å². The number of fused-ring (bicyclic) bond motifs is 1. The smallest absolute Gasteiger partial charge is 0.231 e. The molecule has 0 saturated carbocycles. The van der Waals surface area contributed by atoms with Crippen molar-refractivity contribution in [3.63, 3.8) is 0 Å². The Balaban J connectivity index is 2.05. The van der Waals surface area contributed by atoms with Gasteiger partial charge in [-0.05, 0) is 29.6 Å². The summed E-state index contributed by atoms with van der Waals surface area (Å²) in [5, 5.41) is 11.4. The molecule has 0 N–H and O–H groups in total. The van der Waals surface area contributed by atoms with E-state index >= 15 is 0 Å². The van der Waals surface area contributed by atoms with Gasteiger partial charge in [-0.3, -0.25) is 0 Å². The minimum atomic E-state index is -0.589. The van der Waals surface area contributed by atoms with Crippen molar-refractivity contribution in [1.82, 2.24) is 9.97 Å². The molecule has 104 valence electrons. The minimum absolute atomic E-state index is 0.0438. The summed E-state index contributed by atoms with van der Waals surface area (Å²) in [4.78, 5) is 9.52. The van der Waals surface area contributed by atoms with Crippen molar-refractivity contribution in [2.45, 2.75) is 13.3 Å². The number of ether oxygens (including phenoxy) is 1. The first kappa shape index (κ1) is 13.5. The summed E-state index contributed by atoms with van der Waals surface area (Å²) in [5.41, 5.74) is 0.248. The number of aromatic nitrogens is 2. The van der Waals surface area contributed by atoms with Crippen LogP contribution in [0, 0.1) is 17.1 Å². The molecule has 0 aliphatic heterocycles. The van der Waals surface area contributed by atoms with E-state index < -0.39 is 5.82 Å². The lowest BCUT2D eigenvalue weighted by Crippen LogP contribution is -1.97. The number of nitriles is 1. The molecule has 0 saturated heterocycles. The summed E-state index contributed by atoms with van der Waals surface area (Å²) >= 11 is 1.48.